The minimum absolute atomic E-state index is 0.129. The van der Waals surface area contributed by atoms with Crippen molar-refractivity contribution in [2.24, 2.45) is 0 Å². The molecule has 0 spiro atoms. The van der Waals surface area contributed by atoms with Gasteiger partial charge in [0.25, 0.3) is 5.56 Å². The van der Waals surface area contributed by atoms with Crippen molar-refractivity contribution in [3.05, 3.63) is 81.0 Å². The van der Waals surface area contributed by atoms with Crippen molar-refractivity contribution in [3.63, 3.8) is 0 Å². The first-order valence-electron chi connectivity index (χ1n) is 9.43. The van der Waals surface area contributed by atoms with Crippen molar-refractivity contribution in [2.75, 3.05) is 5.32 Å². The lowest BCUT2D eigenvalue weighted by Gasteiger charge is -2.16. The molecule has 0 unspecified atom stereocenters. The molecule has 0 fully saturated rings. The van der Waals surface area contributed by atoms with Crippen LogP contribution in [-0.4, -0.2) is 15.7 Å². The zero-order chi connectivity index (χ0) is 21.0. The van der Waals surface area contributed by atoms with Gasteiger partial charge in [-0.3, -0.25) is 9.36 Å². The van der Waals surface area contributed by atoms with Crippen LogP contribution in [0.2, 0.25) is 5.02 Å². The van der Waals surface area contributed by atoms with Crippen molar-refractivity contribution in [1.82, 2.24) is 9.55 Å². The van der Waals surface area contributed by atoms with Crippen LogP contribution in [0.5, 0.6) is 5.75 Å². The summed E-state index contributed by atoms with van der Waals surface area (Å²) in [5, 5.41) is 3.67. The molecular formula is C22H23ClFN3O2. The molecule has 0 aliphatic rings. The number of ether oxygens (including phenoxy) is 1. The number of halogens is 2. The Morgan fingerprint density at radius 1 is 1.21 bits per heavy atom. The van der Waals surface area contributed by atoms with Crippen LogP contribution in [0.4, 0.5) is 16.0 Å². The molecule has 1 aromatic heterocycles. The largest absolute Gasteiger partial charge is 0.488 e. The lowest BCUT2D eigenvalue weighted by Crippen LogP contribution is -2.27. The average molecular weight is 416 g/mol. The monoisotopic (exact) mass is 415 g/mol. The number of rotatable bonds is 7. The van der Waals surface area contributed by atoms with E-state index in [0.29, 0.717) is 35.2 Å². The number of nitrogens with one attached hydrogen (secondary N) is 1. The third-order valence-electron chi connectivity index (χ3n) is 4.30. The third-order valence-corrected chi connectivity index (χ3v) is 4.56. The highest BCUT2D eigenvalue weighted by Gasteiger charge is 2.12. The fourth-order valence-electron chi connectivity index (χ4n) is 2.85. The second-order valence-electron chi connectivity index (χ2n) is 6.92. The van der Waals surface area contributed by atoms with Crippen LogP contribution in [0.1, 0.15) is 31.9 Å². The molecule has 0 saturated heterocycles. The van der Waals surface area contributed by atoms with E-state index < -0.39 is 5.82 Å². The summed E-state index contributed by atoms with van der Waals surface area (Å²) in [6.07, 6.45) is 1.99. The Morgan fingerprint density at radius 2 is 1.93 bits per heavy atom. The van der Waals surface area contributed by atoms with Gasteiger partial charge in [0.15, 0.2) is 11.6 Å². The lowest BCUT2D eigenvalue weighted by atomic mass is 10.2. The Labute approximate surface area is 174 Å². The summed E-state index contributed by atoms with van der Waals surface area (Å²) in [4.78, 5) is 17.3. The Bertz CT molecular complexity index is 1050. The third kappa shape index (κ3) is 5.15. The predicted octanol–water partition coefficient (Wildman–Crippen LogP) is 5.18. The standard InChI is InChI=1S/C22H23ClFN3O2/c1-4-16-12-25-22(26-18-9-10-20(19(24)11-18)29-14(2)3)27(21(16)28)13-15-5-7-17(23)8-6-15/h5-12,14H,4,13H2,1-3H3,(H,25,26). The highest BCUT2D eigenvalue weighted by molar-refractivity contribution is 6.30. The Balaban J connectivity index is 1.94. The van der Waals surface area contributed by atoms with E-state index >= 15 is 0 Å². The molecule has 1 heterocycles. The molecule has 5 nitrogen and oxygen atoms in total. The summed E-state index contributed by atoms with van der Waals surface area (Å²) in [6, 6.07) is 11.8. The molecule has 0 bridgehead atoms. The molecule has 0 saturated carbocycles. The molecule has 7 heteroatoms. The first kappa shape index (κ1) is 20.9. The fraction of sp³-hybridized carbons (Fsp3) is 0.273. The average Bonchev–Trinajstić information content (AvgIpc) is 2.68. The van der Waals surface area contributed by atoms with Gasteiger partial charge in [0.2, 0.25) is 5.95 Å². The second kappa shape index (κ2) is 9.09. The Hall–Kier alpha value is -2.86. The summed E-state index contributed by atoms with van der Waals surface area (Å²) >= 11 is 5.95. The summed E-state index contributed by atoms with van der Waals surface area (Å²) in [6.45, 7) is 5.89. The van der Waals surface area contributed by atoms with Gasteiger partial charge in [-0.1, -0.05) is 30.7 Å². The maximum Gasteiger partial charge on any atom is 0.258 e. The number of aryl methyl sites for hydroxylation is 1. The highest BCUT2D eigenvalue weighted by Crippen LogP contribution is 2.24. The summed E-state index contributed by atoms with van der Waals surface area (Å²) in [5.41, 5.74) is 1.85. The van der Waals surface area contributed by atoms with Crippen LogP contribution in [-0.2, 0) is 13.0 Å². The van der Waals surface area contributed by atoms with Crippen molar-refractivity contribution in [2.45, 2.75) is 39.8 Å². The van der Waals surface area contributed by atoms with Crippen LogP contribution in [0.15, 0.2) is 53.5 Å². The molecule has 152 valence electrons. The van der Waals surface area contributed by atoms with Crippen molar-refractivity contribution in [1.29, 1.82) is 0 Å². The van der Waals surface area contributed by atoms with Crippen LogP contribution in [0, 0.1) is 5.82 Å². The zero-order valence-corrected chi connectivity index (χ0v) is 17.3. The van der Waals surface area contributed by atoms with Gasteiger partial charge >= 0.3 is 0 Å². The SMILES string of the molecule is CCc1cnc(Nc2ccc(OC(C)C)c(F)c2)n(Cc2ccc(Cl)cc2)c1=O. The van der Waals surface area contributed by atoms with E-state index in [1.165, 1.54) is 6.07 Å². The molecule has 0 radical (unpaired) electrons. The number of benzene rings is 2. The number of aromatic nitrogens is 2. The fourth-order valence-corrected chi connectivity index (χ4v) is 2.98. The molecule has 3 rings (SSSR count). The zero-order valence-electron chi connectivity index (χ0n) is 16.6. The van der Waals surface area contributed by atoms with Gasteiger partial charge in [0.05, 0.1) is 12.6 Å². The van der Waals surface area contributed by atoms with Gasteiger partial charge in [0.1, 0.15) is 0 Å². The van der Waals surface area contributed by atoms with E-state index in [9.17, 15) is 9.18 Å². The minimum atomic E-state index is -0.486. The summed E-state index contributed by atoms with van der Waals surface area (Å²) in [5.74, 6) is 0.0259. The van der Waals surface area contributed by atoms with Gasteiger partial charge in [-0.25, -0.2) is 9.37 Å². The second-order valence-corrected chi connectivity index (χ2v) is 7.35. The van der Waals surface area contributed by atoms with Crippen LogP contribution in [0.25, 0.3) is 0 Å². The highest BCUT2D eigenvalue weighted by atomic mass is 35.5. The Morgan fingerprint density at radius 3 is 2.55 bits per heavy atom. The topological polar surface area (TPSA) is 56.2 Å². The van der Waals surface area contributed by atoms with Gasteiger partial charge in [-0.05, 0) is 50.1 Å². The number of hydrogen-bond acceptors (Lipinski definition) is 4. The van der Waals surface area contributed by atoms with Gasteiger partial charge in [-0.15, -0.1) is 0 Å². The number of anilines is 2. The first-order valence-corrected chi connectivity index (χ1v) is 9.81. The predicted molar refractivity (Wildman–Crippen MR) is 114 cm³/mol. The van der Waals surface area contributed by atoms with E-state index in [4.69, 9.17) is 16.3 Å². The van der Waals surface area contributed by atoms with Gasteiger partial charge < -0.3 is 10.1 Å². The van der Waals surface area contributed by atoms with Gasteiger partial charge in [-0.2, -0.15) is 0 Å². The molecule has 1 N–H and O–H groups in total. The minimum Gasteiger partial charge on any atom is -0.488 e. The van der Waals surface area contributed by atoms with Gasteiger partial charge in [0, 0.05) is 28.5 Å². The van der Waals surface area contributed by atoms with E-state index in [0.717, 1.165) is 5.56 Å². The molecule has 0 atom stereocenters. The summed E-state index contributed by atoms with van der Waals surface area (Å²) in [7, 11) is 0. The number of hydrogen-bond donors (Lipinski definition) is 1. The maximum absolute atomic E-state index is 14.3. The molecule has 0 aliphatic heterocycles. The van der Waals surface area contributed by atoms with Crippen molar-refractivity contribution < 1.29 is 9.13 Å². The lowest BCUT2D eigenvalue weighted by molar-refractivity contribution is 0.231. The number of nitrogens with zero attached hydrogens (tertiary/aromatic N) is 2. The smallest absolute Gasteiger partial charge is 0.258 e. The normalized spacial score (nSPS) is 11.0. The molecular weight excluding hydrogens is 393 g/mol. The molecule has 29 heavy (non-hydrogen) atoms. The summed E-state index contributed by atoms with van der Waals surface area (Å²) < 4.78 is 21.3. The Kier molecular flexibility index (Phi) is 6.54. The van der Waals surface area contributed by atoms with E-state index in [1.54, 1.807) is 35.0 Å². The molecule has 2 aromatic carbocycles. The van der Waals surface area contributed by atoms with E-state index in [1.807, 2.05) is 32.9 Å². The van der Waals surface area contributed by atoms with Crippen LogP contribution in [0.3, 0.4) is 0 Å². The van der Waals surface area contributed by atoms with Crippen LogP contribution >= 0.6 is 11.6 Å². The quantitative estimate of drug-likeness (QED) is 0.577. The van der Waals surface area contributed by atoms with Crippen LogP contribution < -0.4 is 15.6 Å². The van der Waals surface area contributed by atoms with Crippen molar-refractivity contribution >= 4 is 23.2 Å². The van der Waals surface area contributed by atoms with E-state index in [-0.39, 0.29) is 17.4 Å². The van der Waals surface area contributed by atoms with E-state index in [2.05, 4.69) is 10.3 Å². The molecule has 0 amide bonds. The van der Waals surface area contributed by atoms with Crippen molar-refractivity contribution in [3.8, 4) is 5.75 Å². The maximum atomic E-state index is 14.3. The first-order chi connectivity index (χ1) is 13.9. The molecule has 3 aromatic rings. The molecule has 0 aliphatic carbocycles.